The normalized spacial score (nSPS) is 9.43. The number of aryl methyl sites for hydroxylation is 1. The third kappa shape index (κ3) is 2.02. The molecule has 0 atom stereocenters. The van der Waals surface area contributed by atoms with Gasteiger partial charge in [0, 0.05) is 11.1 Å². The molecule has 0 radical (unpaired) electrons. The van der Waals surface area contributed by atoms with E-state index in [0.29, 0.717) is 5.02 Å². The van der Waals surface area contributed by atoms with E-state index >= 15 is 0 Å². The van der Waals surface area contributed by atoms with Gasteiger partial charge in [-0.1, -0.05) is 37.6 Å². The molecule has 0 unspecified atom stereocenters. The molecule has 1 aromatic carbocycles. The number of aromatic nitrogens is 2. The lowest BCUT2D eigenvalue weighted by molar-refractivity contribution is 1.15. The van der Waals surface area contributed by atoms with Crippen LogP contribution < -0.4 is 0 Å². The molecule has 0 saturated carbocycles. The monoisotopic (exact) mass is 208 g/mol. The van der Waals surface area contributed by atoms with Gasteiger partial charge in [-0.15, -0.1) is 0 Å². The van der Waals surface area contributed by atoms with Crippen molar-refractivity contribution in [2.45, 2.75) is 20.8 Å². The molecule has 0 saturated heterocycles. The number of rotatable bonds is 0. The number of hydrogen-bond acceptors (Lipinski definition) is 2. The van der Waals surface area contributed by atoms with E-state index in [2.05, 4.69) is 9.97 Å². The van der Waals surface area contributed by atoms with Gasteiger partial charge >= 0.3 is 0 Å². The van der Waals surface area contributed by atoms with Crippen LogP contribution in [0.25, 0.3) is 10.9 Å². The molecule has 0 bridgehead atoms. The molecule has 3 heteroatoms. The van der Waals surface area contributed by atoms with Crippen LogP contribution in [0.5, 0.6) is 0 Å². The van der Waals surface area contributed by atoms with E-state index in [1.807, 2.05) is 39.0 Å². The molecule has 1 aromatic heterocycles. The summed E-state index contributed by atoms with van der Waals surface area (Å²) in [6.45, 7) is 5.94. The summed E-state index contributed by atoms with van der Waals surface area (Å²) in [5.41, 5.74) is 1.79. The predicted molar refractivity (Wildman–Crippen MR) is 60.6 cm³/mol. The molecule has 1 heterocycles. The van der Waals surface area contributed by atoms with Crippen LogP contribution in [0, 0.1) is 6.92 Å². The number of nitrogens with zero attached hydrogens (tertiary/aromatic N) is 2. The van der Waals surface area contributed by atoms with Crippen molar-refractivity contribution in [1.82, 2.24) is 9.97 Å². The quantitative estimate of drug-likeness (QED) is 0.661. The fourth-order valence-electron chi connectivity index (χ4n) is 1.18. The third-order valence-electron chi connectivity index (χ3n) is 1.81. The molecule has 0 aliphatic heterocycles. The summed E-state index contributed by atoms with van der Waals surface area (Å²) in [4.78, 5) is 8.18. The highest BCUT2D eigenvalue weighted by atomic mass is 35.5. The maximum Gasteiger partial charge on any atom is 0.116 e. The Bertz CT molecular complexity index is 385. The van der Waals surface area contributed by atoms with Gasteiger partial charge in [0.15, 0.2) is 0 Å². The zero-order valence-electron chi connectivity index (χ0n) is 8.58. The van der Waals surface area contributed by atoms with Crippen LogP contribution in [0.1, 0.15) is 19.5 Å². The van der Waals surface area contributed by atoms with Crippen LogP contribution in [-0.4, -0.2) is 9.97 Å². The van der Waals surface area contributed by atoms with Crippen LogP contribution in [-0.2, 0) is 0 Å². The summed E-state index contributed by atoms with van der Waals surface area (Å²) in [6.07, 6.45) is 1.53. The first-order valence-electron chi connectivity index (χ1n) is 4.65. The van der Waals surface area contributed by atoms with Crippen molar-refractivity contribution in [1.29, 1.82) is 0 Å². The zero-order chi connectivity index (χ0) is 10.6. The lowest BCUT2D eigenvalue weighted by Gasteiger charge is -2.00. The first-order chi connectivity index (χ1) is 6.79. The summed E-state index contributed by atoms with van der Waals surface area (Å²) in [5, 5.41) is 1.70. The maximum atomic E-state index is 5.94. The summed E-state index contributed by atoms with van der Waals surface area (Å²) in [5.74, 6) is 0. The molecule has 0 amide bonds. The first kappa shape index (κ1) is 10.9. The molecule has 2 rings (SSSR count). The van der Waals surface area contributed by atoms with Gasteiger partial charge in [0.2, 0.25) is 0 Å². The number of hydrogen-bond donors (Lipinski definition) is 0. The van der Waals surface area contributed by atoms with Crippen LogP contribution in [0.15, 0.2) is 24.5 Å². The standard InChI is InChI=1S/C9H7ClN2.C2H6/c1-6-7-3-2-4-8(10)9(7)12-5-11-6;1-2/h2-5H,1H3;1-2H3. The molecular formula is C11H13ClN2. The largest absolute Gasteiger partial charge is 0.241 e. The second kappa shape index (κ2) is 4.91. The predicted octanol–water partition coefficient (Wildman–Crippen LogP) is 3.62. The highest BCUT2D eigenvalue weighted by Crippen LogP contribution is 2.21. The Morgan fingerprint density at radius 3 is 2.50 bits per heavy atom. The number of halogens is 1. The molecular weight excluding hydrogens is 196 g/mol. The second-order valence-electron chi connectivity index (χ2n) is 2.60. The van der Waals surface area contributed by atoms with E-state index in [1.165, 1.54) is 6.33 Å². The van der Waals surface area contributed by atoms with Crippen molar-refractivity contribution in [2.24, 2.45) is 0 Å². The van der Waals surface area contributed by atoms with Gasteiger partial charge in [0.1, 0.15) is 6.33 Å². The van der Waals surface area contributed by atoms with Crippen molar-refractivity contribution in [3.05, 3.63) is 35.2 Å². The summed E-state index contributed by atoms with van der Waals surface area (Å²) < 4.78 is 0. The Balaban J connectivity index is 0.000000461. The van der Waals surface area contributed by atoms with Gasteiger partial charge in [-0.2, -0.15) is 0 Å². The molecule has 0 aliphatic carbocycles. The molecule has 0 spiro atoms. The van der Waals surface area contributed by atoms with Crippen LogP contribution in [0.4, 0.5) is 0 Å². The first-order valence-corrected chi connectivity index (χ1v) is 5.02. The summed E-state index contributed by atoms with van der Waals surface area (Å²) in [6, 6.07) is 5.70. The Morgan fingerprint density at radius 1 is 1.14 bits per heavy atom. The zero-order valence-corrected chi connectivity index (χ0v) is 9.34. The fraction of sp³-hybridized carbons (Fsp3) is 0.273. The Morgan fingerprint density at radius 2 is 1.86 bits per heavy atom. The lowest BCUT2D eigenvalue weighted by Crippen LogP contribution is -1.86. The number of benzene rings is 1. The van der Waals surface area contributed by atoms with Crippen molar-refractivity contribution in [2.75, 3.05) is 0 Å². The minimum absolute atomic E-state index is 0.679. The van der Waals surface area contributed by atoms with Crippen LogP contribution in [0.3, 0.4) is 0 Å². The van der Waals surface area contributed by atoms with E-state index in [0.717, 1.165) is 16.6 Å². The smallest absolute Gasteiger partial charge is 0.116 e. The van der Waals surface area contributed by atoms with Crippen molar-refractivity contribution >= 4 is 22.5 Å². The highest BCUT2D eigenvalue weighted by Gasteiger charge is 2.01. The lowest BCUT2D eigenvalue weighted by atomic mass is 10.2. The van der Waals surface area contributed by atoms with E-state index in [1.54, 1.807) is 0 Å². The van der Waals surface area contributed by atoms with Gasteiger partial charge in [0.05, 0.1) is 10.5 Å². The molecule has 14 heavy (non-hydrogen) atoms. The van der Waals surface area contributed by atoms with E-state index in [-0.39, 0.29) is 0 Å². The Labute approximate surface area is 89.0 Å². The molecule has 0 aliphatic rings. The molecule has 2 nitrogen and oxygen atoms in total. The third-order valence-corrected chi connectivity index (χ3v) is 2.12. The molecule has 74 valence electrons. The van der Waals surface area contributed by atoms with E-state index in [4.69, 9.17) is 11.6 Å². The average Bonchev–Trinajstić information content (AvgIpc) is 2.23. The minimum Gasteiger partial charge on any atom is -0.241 e. The van der Waals surface area contributed by atoms with Gasteiger partial charge < -0.3 is 0 Å². The Hall–Kier alpha value is -1.15. The van der Waals surface area contributed by atoms with Crippen LogP contribution in [0.2, 0.25) is 5.02 Å². The number of fused-ring (bicyclic) bond motifs is 1. The van der Waals surface area contributed by atoms with Gasteiger partial charge in [-0.3, -0.25) is 0 Å². The van der Waals surface area contributed by atoms with Crippen LogP contribution >= 0.6 is 11.6 Å². The van der Waals surface area contributed by atoms with E-state index < -0.39 is 0 Å². The highest BCUT2D eigenvalue weighted by molar-refractivity contribution is 6.35. The summed E-state index contributed by atoms with van der Waals surface area (Å²) in [7, 11) is 0. The summed E-state index contributed by atoms with van der Waals surface area (Å²) >= 11 is 5.94. The SMILES string of the molecule is CC.Cc1ncnc2c(Cl)cccc12. The van der Waals surface area contributed by atoms with E-state index in [9.17, 15) is 0 Å². The van der Waals surface area contributed by atoms with Gasteiger partial charge in [-0.05, 0) is 13.0 Å². The molecule has 0 N–H and O–H groups in total. The minimum atomic E-state index is 0.679. The van der Waals surface area contributed by atoms with Crippen molar-refractivity contribution < 1.29 is 0 Å². The van der Waals surface area contributed by atoms with Crippen molar-refractivity contribution in [3.63, 3.8) is 0 Å². The average molecular weight is 209 g/mol. The molecule has 0 fully saturated rings. The molecule has 2 aromatic rings. The second-order valence-corrected chi connectivity index (χ2v) is 3.00. The topological polar surface area (TPSA) is 25.8 Å². The Kier molecular flexibility index (Phi) is 3.84. The number of para-hydroxylation sites is 1. The van der Waals surface area contributed by atoms with Gasteiger partial charge in [0.25, 0.3) is 0 Å². The maximum absolute atomic E-state index is 5.94. The van der Waals surface area contributed by atoms with Crippen molar-refractivity contribution in [3.8, 4) is 0 Å². The van der Waals surface area contributed by atoms with Gasteiger partial charge in [-0.25, -0.2) is 9.97 Å². The fourth-order valence-corrected chi connectivity index (χ4v) is 1.40.